The number of aryl methyl sites for hydroxylation is 1. The molecule has 10 nitrogen and oxygen atoms in total. The van der Waals surface area contributed by atoms with Gasteiger partial charge in [0.1, 0.15) is 29.1 Å². The molecule has 6 rings (SSSR count). The van der Waals surface area contributed by atoms with E-state index in [-0.39, 0.29) is 0 Å². The van der Waals surface area contributed by atoms with Crippen molar-refractivity contribution in [3.8, 4) is 0 Å². The van der Waals surface area contributed by atoms with Crippen LogP contribution < -0.4 is 10.6 Å². The average Bonchev–Trinajstić information content (AvgIpc) is 3.43. The lowest BCUT2D eigenvalue weighted by Crippen LogP contribution is -2.46. The Morgan fingerprint density at radius 2 is 1.94 bits per heavy atom. The molecule has 1 aliphatic heterocycles. The number of nitrogens with zero attached hydrogens (tertiary/aromatic N) is 6. The molecule has 5 heterocycles. The number of fused-ring (bicyclic) bond motifs is 3. The number of aromatic amines is 1. The van der Waals surface area contributed by atoms with Crippen LogP contribution >= 0.6 is 0 Å². The summed E-state index contributed by atoms with van der Waals surface area (Å²) in [6.45, 7) is 3.85. The van der Waals surface area contributed by atoms with Gasteiger partial charge in [0, 0.05) is 38.4 Å². The summed E-state index contributed by atoms with van der Waals surface area (Å²) in [5, 5.41) is 12.2. The van der Waals surface area contributed by atoms with Crippen molar-refractivity contribution in [3.05, 3.63) is 30.9 Å². The highest BCUT2D eigenvalue weighted by molar-refractivity contribution is 6.09. The van der Waals surface area contributed by atoms with Gasteiger partial charge in [0.15, 0.2) is 0 Å². The molecule has 33 heavy (non-hydrogen) atoms. The molecule has 1 aliphatic carbocycles. The van der Waals surface area contributed by atoms with E-state index in [1.807, 2.05) is 25.4 Å². The second-order valence-electron chi connectivity index (χ2n) is 8.99. The number of hydrogen-bond acceptors (Lipinski definition) is 8. The zero-order valence-electron chi connectivity index (χ0n) is 18.8. The molecular formula is C23H29N9O. The Balaban J connectivity index is 1.23. The fourth-order valence-electron chi connectivity index (χ4n) is 5.12. The van der Waals surface area contributed by atoms with Gasteiger partial charge in [-0.15, -0.1) is 0 Å². The highest BCUT2D eigenvalue weighted by Gasteiger charge is 2.27. The third kappa shape index (κ3) is 4.11. The summed E-state index contributed by atoms with van der Waals surface area (Å²) < 4.78 is 7.28. The number of pyridine rings is 1. The zero-order valence-corrected chi connectivity index (χ0v) is 18.8. The van der Waals surface area contributed by atoms with Crippen molar-refractivity contribution in [3.63, 3.8) is 0 Å². The summed E-state index contributed by atoms with van der Waals surface area (Å²) in [6.07, 6.45) is 10.0. The van der Waals surface area contributed by atoms with E-state index in [9.17, 15) is 0 Å². The van der Waals surface area contributed by atoms with E-state index in [0.29, 0.717) is 12.1 Å². The Bertz CT molecular complexity index is 1250. The van der Waals surface area contributed by atoms with E-state index in [1.54, 1.807) is 17.2 Å². The number of ether oxygens (including phenoxy) is 1. The number of rotatable bonds is 5. The first kappa shape index (κ1) is 20.4. The molecule has 0 spiro atoms. The Morgan fingerprint density at radius 3 is 2.73 bits per heavy atom. The summed E-state index contributed by atoms with van der Waals surface area (Å²) in [7, 11) is 1.89. The zero-order chi connectivity index (χ0) is 22.2. The monoisotopic (exact) mass is 447 g/mol. The van der Waals surface area contributed by atoms with Crippen LogP contribution in [0.25, 0.3) is 22.1 Å². The van der Waals surface area contributed by atoms with Crippen LogP contribution in [0.4, 0.5) is 17.3 Å². The highest BCUT2D eigenvalue weighted by atomic mass is 16.5. The topological polar surface area (TPSA) is 109 Å². The number of nitrogens with one attached hydrogen (secondary N) is 3. The molecule has 0 aromatic carbocycles. The van der Waals surface area contributed by atoms with Crippen LogP contribution in [-0.2, 0) is 11.8 Å². The van der Waals surface area contributed by atoms with E-state index in [1.165, 1.54) is 12.8 Å². The van der Waals surface area contributed by atoms with Crippen LogP contribution in [0.2, 0.25) is 0 Å². The molecule has 10 heteroatoms. The average molecular weight is 448 g/mol. The van der Waals surface area contributed by atoms with E-state index in [2.05, 4.69) is 35.6 Å². The third-order valence-electron chi connectivity index (χ3n) is 6.81. The minimum Gasteiger partial charge on any atom is -0.379 e. The standard InChI is InChI=1S/C23H29N9O/c1-31-13-16(12-26-31)27-19-7-6-18-21(30-19)20-22(24-14-25-23(20)29-18)28-15-2-4-17(5-3-15)32-8-10-33-11-9-32/h6-7,12-15,17H,2-5,8-11H2,1H3,(H,27,30)(H2,24,25,28,29)/t15-,17-. The maximum absolute atomic E-state index is 5.52. The largest absolute Gasteiger partial charge is 0.379 e. The van der Waals surface area contributed by atoms with Gasteiger partial charge in [-0.05, 0) is 37.8 Å². The molecule has 3 N–H and O–H groups in total. The third-order valence-corrected chi connectivity index (χ3v) is 6.81. The highest BCUT2D eigenvalue weighted by Crippen LogP contribution is 2.32. The molecular weight excluding hydrogens is 418 g/mol. The Kier molecular flexibility index (Phi) is 5.31. The van der Waals surface area contributed by atoms with Gasteiger partial charge in [-0.3, -0.25) is 9.58 Å². The van der Waals surface area contributed by atoms with Gasteiger partial charge < -0.3 is 20.4 Å². The quantitative estimate of drug-likeness (QED) is 0.428. The van der Waals surface area contributed by atoms with Crippen LogP contribution in [0.3, 0.4) is 0 Å². The number of anilines is 3. The molecule has 4 aromatic rings. The summed E-state index contributed by atoms with van der Waals surface area (Å²) in [5.41, 5.74) is 3.51. The van der Waals surface area contributed by atoms with Gasteiger partial charge in [-0.1, -0.05) is 0 Å². The summed E-state index contributed by atoms with van der Waals surface area (Å²) in [5.74, 6) is 1.62. The summed E-state index contributed by atoms with van der Waals surface area (Å²) in [6, 6.07) is 5.06. The van der Waals surface area contributed by atoms with E-state index in [0.717, 1.165) is 78.5 Å². The molecule has 1 saturated heterocycles. The second kappa shape index (κ2) is 8.60. The number of hydrogen-bond donors (Lipinski definition) is 3. The fraction of sp³-hybridized carbons (Fsp3) is 0.478. The van der Waals surface area contributed by atoms with Crippen LogP contribution in [0.5, 0.6) is 0 Å². The number of morpholine rings is 1. The smallest absolute Gasteiger partial charge is 0.145 e. The number of H-pyrrole nitrogens is 1. The summed E-state index contributed by atoms with van der Waals surface area (Å²) in [4.78, 5) is 19.9. The number of aromatic nitrogens is 6. The van der Waals surface area contributed by atoms with Crippen LogP contribution in [-0.4, -0.2) is 73.0 Å². The van der Waals surface area contributed by atoms with Gasteiger partial charge in [-0.25, -0.2) is 15.0 Å². The van der Waals surface area contributed by atoms with Crippen LogP contribution in [0.1, 0.15) is 25.7 Å². The Morgan fingerprint density at radius 1 is 1.09 bits per heavy atom. The normalized spacial score (nSPS) is 22.1. The lowest BCUT2D eigenvalue weighted by molar-refractivity contribution is 0.00791. The predicted octanol–water partition coefficient (Wildman–Crippen LogP) is 3.04. The van der Waals surface area contributed by atoms with Gasteiger partial charge in [0.2, 0.25) is 0 Å². The van der Waals surface area contributed by atoms with E-state index in [4.69, 9.17) is 9.72 Å². The minimum atomic E-state index is 0.405. The maximum Gasteiger partial charge on any atom is 0.145 e. The van der Waals surface area contributed by atoms with Crippen molar-refractivity contribution in [1.29, 1.82) is 0 Å². The molecule has 4 aromatic heterocycles. The van der Waals surface area contributed by atoms with Gasteiger partial charge in [0.25, 0.3) is 0 Å². The molecule has 0 unspecified atom stereocenters. The van der Waals surface area contributed by atoms with Crippen molar-refractivity contribution in [1.82, 2.24) is 34.6 Å². The van der Waals surface area contributed by atoms with Crippen molar-refractivity contribution in [2.45, 2.75) is 37.8 Å². The van der Waals surface area contributed by atoms with Crippen molar-refractivity contribution in [2.24, 2.45) is 7.05 Å². The van der Waals surface area contributed by atoms with E-state index < -0.39 is 0 Å². The van der Waals surface area contributed by atoms with Crippen LogP contribution in [0.15, 0.2) is 30.9 Å². The lowest BCUT2D eigenvalue weighted by Gasteiger charge is -2.39. The van der Waals surface area contributed by atoms with Crippen molar-refractivity contribution >= 4 is 39.4 Å². The first-order valence-corrected chi connectivity index (χ1v) is 11.7. The second-order valence-corrected chi connectivity index (χ2v) is 8.99. The molecule has 0 atom stereocenters. The first-order valence-electron chi connectivity index (χ1n) is 11.7. The fourth-order valence-corrected chi connectivity index (χ4v) is 5.12. The molecule has 2 fully saturated rings. The molecule has 1 saturated carbocycles. The molecule has 172 valence electrons. The van der Waals surface area contributed by atoms with Gasteiger partial charge in [0.05, 0.1) is 36.0 Å². The summed E-state index contributed by atoms with van der Waals surface area (Å²) >= 11 is 0. The predicted molar refractivity (Wildman–Crippen MR) is 128 cm³/mol. The van der Waals surface area contributed by atoms with Crippen molar-refractivity contribution < 1.29 is 4.74 Å². The Hall–Kier alpha value is -3.24. The molecule has 0 bridgehead atoms. The van der Waals surface area contributed by atoms with E-state index >= 15 is 0 Å². The maximum atomic E-state index is 5.52. The first-order chi connectivity index (χ1) is 16.2. The molecule has 0 radical (unpaired) electrons. The molecule has 2 aliphatic rings. The SMILES string of the molecule is Cn1cc(Nc2ccc3[nH]c4ncnc(N[C@H]5CC[C@H](N6CCOCC6)CC5)c4c3n2)cn1. The van der Waals surface area contributed by atoms with Crippen LogP contribution in [0, 0.1) is 0 Å². The Labute approximate surface area is 191 Å². The van der Waals surface area contributed by atoms with Gasteiger partial charge in [-0.2, -0.15) is 5.10 Å². The minimum absolute atomic E-state index is 0.405. The van der Waals surface area contributed by atoms with Gasteiger partial charge >= 0.3 is 0 Å². The molecule has 0 amide bonds. The lowest BCUT2D eigenvalue weighted by atomic mass is 9.90. The van der Waals surface area contributed by atoms with Crippen molar-refractivity contribution in [2.75, 3.05) is 36.9 Å².